The van der Waals surface area contributed by atoms with Crippen molar-refractivity contribution < 1.29 is 23.9 Å². The number of ether oxygens (including phenoxy) is 2. The summed E-state index contributed by atoms with van der Waals surface area (Å²) in [6.45, 7) is 9.55. The predicted molar refractivity (Wildman–Crippen MR) is 123 cm³/mol. The fourth-order valence-corrected chi connectivity index (χ4v) is 3.35. The molecular formula is C24H30N4O5. The Morgan fingerprint density at radius 1 is 1.21 bits per heavy atom. The summed E-state index contributed by atoms with van der Waals surface area (Å²) in [5, 5.41) is 5.53. The minimum atomic E-state index is -0.634. The Labute approximate surface area is 193 Å². The average Bonchev–Trinajstić information content (AvgIpc) is 2.89. The monoisotopic (exact) mass is 454 g/mol. The predicted octanol–water partition coefficient (Wildman–Crippen LogP) is 3.47. The Hall–Kier alpha value is -3.62. The zero-order valence-electron chi connectivity index (χ0n) is 19.5. The van der Waals surface area contributed by atoms with Gasteiger partial charge in [0.2, 0.25) is 0 Å². The molecule has 0 aliphatic carbocycles. The Morgan fingerprint density at radius 3 is 2.55 bits per heavy atom. The number of nitrogens with zero attached hydrogens (tertiary/aromatic N) is 2. The van der Waals surface area contributed by atoms with Crippen molar-refractivity contribution in [2.45, 2.75) is 52.4 Å². The number of fused-ring (bicyclic) bond motifs is 1. The van der Waals surface area contributed by atoms with E-state index < -0.39 is 17.8 Å². The van der Waals surface area contributed by atoms with E-state index in [4.69, 9.17) is 9.47 Å². The van der Waals surface area contributed by atoms with Gasteiger partial charge in [0.05, 0.1) is 24.3 Å². The maximum atomic E-state index is 13.3. The highest BCUT2D eigenvalue weighted by Crippen LogP contribution is 2.34. The Kier molecular flexibility index (Phi) is 7.20. The molecule has 0 spiro atoms. The first-order chi connectivity index (χ1) is 15.5. The molecule has 2 N–H and O–H groups in total. The van der Waals surface area contributed by atoms with Crippen LogP contribution in [-0.2, 0) is 4.74 Å². The van der Waals surface area contributed by atoms with E-state index in [1.807, 2.05) is 13.8 Å². The largest absolute Gasteiger partial charge is 0.484 e. The van der Waals surface area contributed by atoms with E-state index in [0.717, 1.165) is 0 Å². The standard InChI is InChI=1S/C24H30N4O5/c1-15(2)28-14-17(13-26-23(31)33-24(3,4)5)32-20-18(22(28)30)7-6-8-19(20)27-21(29)16-9-11-25-12-10-16/h6-12,15,17H,13-14H2,1-5H3,(H,26,31)(H,27,29). The van der Waals surface area contributed by atoms with E-state index in [0.29, 0.717) is 16.8 Å². The van der Waals surface area contributed by atoms with Gasteiger partial charge in [-0.2, -0.15) is 0 Å². The van der Waals surface area contributed by atoms with Gasteiger partial charge in [0, 0.05) is 24.0 Å². The number of hydrogen-bond acceptors (Lipinski definition) is 6. The van der Waals surface area contributed by atoms with Gasteiger partial charge in [0.15, 0.2) is 5.75 Å². The number of amides is 3. The first kappa shape index (κ1) is 24.0. The van der Waals surface area contributed by atoms with Crippen molar-refractivity contribution in [1.29, 1.82) is 0 Å². The lowest BCUT2D eigenvalue weighted by Crippen LogP contribution is -2.46. The number of pyridine rings is 1. The zero-order chi connectivity index (χ0) is 24.2. The van der Waals surface area contributed by atoms with E-state index >= 15 is 0 Å². The van der Waals surface area contributed by atoms with E-state index in [1.54, 1.807) is 56.0 Å². The maximum absolute atomic E-state index is 13.3. The number of aromatic nitrogens is 1. The van der Waals surface area contributed by atoms with Gasteiger partial charge >= 0.3 is 6.09 Å². The number of alkyl carbamates (subject to hydrolysis) is 1. The molecule has 1 aliphatic rings. The molecule has 1 atom stereocenters. The molecule has 0 radical (unpaired) electrons. The third-order valence-electron chi connectivity index (χ3n) is 4.88. The van der Waals surface area contributed by atoms with Crippen LogP contribution in [0.25, 0.3) is 0 Å². The van der Waals surface area contributed by atoms with Crippen LogP contribution >= 0.6 is 0 Å². The SMILES string of the molecule is CC(C)N1CC(CNC(=O)OC(C)(C)C)Oc2c(NC(=O)c3ccncc3)cccc2C1=O. The van der Waals surface area contributed by atoms with Crippen molar-refractivity contribution in [3.63, 3.8) is 0 Å². The summed E-state index contributed by atoms with van der Waals surface area (Å²) in [5.41, 5.74) is 0.506. The molecule has 2 aromatic rings. The number of para-hydroxylation sites is 1. The summed E-state index contributed by atoms with van der Waals surface area (Å²) in [6, 6.07) is 8.13. The van der Waals surface area contributed by atoms with Crippen molar-refractivity contribution in [1.82, 2.24) is 15.2 Å². The molecule has 0 saturated carbocycles. The highest BCUT2D eigenvalue weighted by molar-refractivity contribution is 6.07. The topological polar surface area (TPSA) is 110 Å². The van der Waals surface area contributed by atoms with Crippen LogP contribution in [0.2, 0.25) is 0 Å². The summed E-state index contributed by atoms with van der Waals surface area (Å²) < 4.78 is 11.5. The molecule has 1 unspecified atom stereocenters. The third kappa shape index (κ3) is 6.21. The van der Waals surface area contributed by atoms with Gasteiger partial charge in [-0.3, -0.25) is 14.6 Å². The van der Waals surface area contributed by atoms with Gasteiger partial charge in [0.25, 0.3) is 11.8 Å². The molecule has 33 heavy (non-hydrogen) atoms. The number of carbonyl (C=O) groups is 3. The minimum absolute atomic E-state index is 0.0915. The molecule has 1 aromatic carbocycles. The third-order valence-corrected chi connectivity index (χ3v) is 4.88. The molecule has 2 heterocycles. The second kappa shape index (κ2) is 9.89. The second-order valence-corrected chi connectivity index (χ2v) is 9.05. The Morgan fingerprint density at radius 2 is 1.91 bits per heavy atom. The number of benzene rings is 1. The average molecular weight is 455 g/mol. The van der Waals surface area contributed by atoms with Crippen LogP contribution in [0.15, 0.2) is 42.7 Å². The van der Waals surface area contributed by atoms with Crippen molar-refractivity contribution in [3.8, 4) is 5.75 Å². The summed E-state index contributed by atoms with van der Waals surface area (Å²) >= 11 is 0. The molecule has 9 nitrogen and oxygen atoms in total. The van der Waals surface area contributed by atoms with Gasteiger partial charge in [-0.15, -0.1) is 0 Å². The second-order valence-electron chi connectivity index (χ2n) is 9.05. The van der Waals surface area contributed by atoms with Gasteiger partial charge in [0.1, 0.15) is 11.7 Å². The number of carbonyl (C=O) groups excluding carboxylic acids is 3. The number of nitrogens with one attached hydrogen (secondary N) is 2. The molecule has 9 heteroatoms. The normalized spacial score (nSPS) is 15.9. The molecule has 3 rings (SSSR count). The lowest BCUT2D eigenvalue weighted by molar-refractivity contribution is 0.0481. The summed E-state index contributed by atoms with van der Waals surface area (Å²) in [4.78, 5) is 43.7. The van der Waals surface area contributed by atoms with Crippen LogP contribution in [0.5, 0.6) is 5.75 Å². The smallest absolute Gasteiger partial charge is 0.407 e. The molecular weight excluding hydrogens is 424 g/mol. The number of rotatable bonds is 5. The van der Waals surface area contributed by atoms with Crippen molar-refractivity contribution in [2.24, 2.45) is 0 Å². The zero-order valence-corrected chi connectivity index (χ0v) is 19.5. The van der Waals surface area contributed by atoms with E-state index in [9.17, 15) is 14.4 Å². The van der Waals surface area contributed by atoms with Crippen LogP contribution in [0.3, 0.4) is 0 Å². The van der Waals surface area contributed by atoms with Crippen LogP contribution in [0, 0.1) is 0 Å². The van der Waals surface area contributed by atoms with Crippen molar-refractivity contribution >= 4 is 23.6 Å². The van der Waals surface area contributed by atoms with E-state index in [2.05, 4.69) is 15.6 Å². The van der Waals surface area contributed by atoms with Gasteiger partial charge < -0.3 is 25.0 Å². The molecule has 3 amide bonds. The molecule has 176 valence electrons. The first-order valence-electron chi connectivity index (χ1n) is 10.8. The number of hydrogen-bond donors (Lipinski definition) is 2. The lowest BCUT2D eigenvalue weighted by Gasteiger charge is -2.28. The lowest BCUT2D eigenvalue weighted by atomic mass is 10.1. The van der Waals surface area contributed by atoms with Gasteiger partial charge in [-0.25, -0.2) is 4.79 Å². The van der Waals surface area contributed by atoms with E-state index in [1.165, 1.54) is 12.4 Å². The molecule has 0 saturated heterocycles. The Bertz CT molecular complexity index is 1020. The van der Waals surface area contributed by atoms with Gasteiger partial charge in [-0.1, -0.05) is 6.07 Å². The van der Waals surface area contributed by atoms with Crippen LogP contribution in [-0.4, -0.2) is 58.6 Å². The fraction of sp³-hybridized carbons (Fsp3) is 0.417. The van der Waals surface area contributed by atoms with Crippen molar-refractivity contribution in [2.75, 3.05) is 18.4 Å². The van der Waals surface area contributed by atoms with Crippen LogP contribution < -0.4 is 15.4 Å². The highest BCUT2D eigenvalue weighted by Gasteiger charge is 2.32. The van der Waals surface area contributed by atoms with Crippen LogP contribution in [0.1, 0.15) is 55.3 Å². The molecule has 0 bridgehead atoms. The van der Waals surface area contributed by atoms with Gasteiger partial charge in [-0.05, 0) is 58.9 Å². The minimum Gasteiger partial charge on any atom is -0.484 e. The summed E-state index contributed by atoms with van der Waals surface area (Å²) in [7, 11) is 0. The molecule has 1 aliphatic heterocycles. The summed E-state index contributed by atoms with van der Waals surface area (Å²) in [6.07, 6.45) is 1.93. The quantitative estimate of drug-likeness (QED) is 0.716. The fourth-order valence-electron chi connectivity index (χ4n) is 3.35. The Balaban J connectivity index is 1.87. The number of anilines is 1. The first-order valence-corrected chi connectivity index (χ1v) is 10.8. The van der Waals surface area contributed by atoms with E-state index in [-0.39, 0.29) is 36.7 Å². The molecule has 1 aromatic heterocycles. The van der Waals surface area contributed by atoms with Crippen molar-refractivity contribution in [3.05, 3.63) is 53.9 Å². The highest BCUT2D eigenvalue weighted by atomic mass is 16.6. The summed E-state index contributed by atoms with van der Waals surface area (Å²) in [5.74, 6) is -0.293. The van der Waals surface area contributed by atoms with Crippen LogP contribution in [0.4, 0.5) is 10.5 Å². The molecule has 0 fully saturated rings. The maximum Gasteiger partial charge on any atom is 0.407 e.